The Labute approximate surface area is 140 Å². The number of imidazole rings is 1. The van der Waals surface area contributed by atoms with Crippen molar-refractivity contribution in [3.8, 4) is 11.4 Å². The van der Waals surface area contributed by atoms with Gasteiger partial charge in [0, 0.05) is 20.6 Å². The lowest BCUT2D eigenvalue weighted by Crippen LogP contribution is -2.04. The molecule has 0 unspecified atom stereocenters. The molecule has 0 fully saturated rings. The van der Waals surface area contributed by atoms with Gasteiger partial charge in [0.2, 0.25) is 0 Å². The van der Waals surface area contributed by atoms with Gasteiger partial charge in [-0.2, -0.15) is 0 Å². The summed E-state index contributed by atoms with van der Waals surface area (Å²) >= 11 is 7.03. The number of rotatable bonds is 2. The van der Waals surface area contributed by atoms with Crippen LogP contribution in [0.2, 0.25) is 0 Å². The molecule has 0 saturated carbocycles. The van der Waals surface area contributed by atoms with Gasteiger partial charge in [-0.05, 0) is 54.0 Å². The van der Waals surface area contributed by atoms with E-state index >= 15 is 0 Å². The highest BCUT2D eigenvalue weighted by Crippen LogP contribution is 2.37. The van der Waals surface area contributed by atoms with Crippen LogP contribution in [0.5, 0.6) is 0 Å². The molecule has 3 rings (SSSR count). The van der Waals surface area contributed by atoms with E-state index in [1.165, 1.54) is 0 Å². The molecular formula is C16H15Br2N3. The van der Waals surface area contributed by atoms with Crippen molar-refractivity contribution < 1.29 is 0 Å². The lowest BCUT2D eigenvalue weighted by atomic mass is 10.1. The van der Waals surface area contributed by atoms with E-state index in [2.05, 4.69) is 56.3 Å². The molecular weight excluding hydrogens is 394 g/mol. The van der Waals surface area contributed by atoms with Gasteiger partial charge in [0.1, 0.15) is 5.82 Å². The van der Waals surface area contributed by atoms with E-state index in [1.54, 1.807) is 0 Å². The number of fused-ring (bicyclic) bond motifs is 1. The van der Waals surface area contributed by atoms with E-state index in [4.69, 9.17) is 10.7 Å². The molecule has 1 aromatic heterocycles. The fraction of sp³-hybridized carbons (Fsp3) is 0.188. The quantitative estimate of drug-likeness (QED) is 0.577. The van der Waals surface area contributed by atoms with Gasteiger partial charge in [0.25, 0.3) is 0 Å². The van der Waals surface area contributed by atoms with Gasteiger partial charge < -0.3 is 10.3 Å². The number of nitrogens with two attached hydrogens (primary N) is 1. The minimum Gasteiger partial charge on any atom is -0.397 e. The summed E-state index contributed by atoms with van der Waals surface area (Å²) in [7, 11) is 0. The van der Waals surface area contributed by atoms with Crippen molar-refractivity contribution in [2.24, 2.45) is 0 Å². The highest BCUT2D eigenvalue weighted by atomic mass is 79.9. The normalized spacial score (nSPS) is 11.5. The van der Waals surface area contributed by atoms with Crippen LogP contribution in [0.4, 0.5) is 5.69 Å². The summed E-state index contributed by atoms with van der Waals surface area (Å²) in [6.07, 6.45) is 0. The van der Waals surface area contributed by atoms with Crippen LogP contribution in [0, 0.1) is 0 Å². The van der Waals surface area contributed by atoms with Crippen molar-refractivity contribution in [1.29, 1.82) is 0 Å². The molecule has 0 aliphatic rings. The number of halogens is 2. The van der Waals surface area contributed by atoms with Gasteiger partial charge in [-0.1, -0.05) is 28.1 Å². The Kier molecular flexibility index (Phi) is 3.80. The highest BCUT2D eigenvalue weighted by molar-refractivity contribution is 9.11. The molecule has 0 bridgehead atoms. The maximum atomic E-state index is 6.25. The molecule has 3 aromatic rings. The fourth-order valence-electron chi connectivity index (χ4n) is 2.53. The summed E-state index contributed by atoms with van der Waals surface area (Å²) < 4.78 is 4.06. The highest BCUT2D eigenvalue weighted by Gasteiger charge is 2.18. The molecule has 21 heavy (non-hydrogen) atoms. The Morgan fingerprint density at radius 1 is 1.14 bits per heavy atom. The zero-order valence-corrected chi connectivity index (χ0v) is 14.9. The van der Waals surface area contributed by atoms with Crippen LogP contribution < -0.4 is 5.73 Å². The molecule has 0 atom stereocenters. The van der Waals surface area contributed by atoms with Gasteiger partial charge in [-0.25, -0.2) is 4.98 Å². The summed E-state index contributed by atoms with van der Waals surface area (Å²) in [5.74, 6) is 0.894. The average Bonchev–Trinajstić information content (AvgIpc) is 2.82. The smallest absolute Gasteiger partial charge is 0.143 e. The largest absolute Gasteiger partial charge is 0.397 e. The third-order valence-electron chi connectivity index (χ3n) is 3.45. The maximum Gasteiger partial charge on any atom is 0.143 e. The third kappa shape index (κ3) is 2.49. The zero-order valence-electron chi connectivity index (χ0n) is 11.8. The fourth-order valence-corrected chi connectivity index (χ4v) is 3.75. The number of para-hydroxylation sites is 2. The molecule has 2 N–H and O–H groups in total. The molecule has 0 saturated heterocycles. The number of aromatic nitrogens is 2. The number of nitrogen functional groups attached to an aromatic ring is 1. The van der Waals surface area contributed by atoms with Gasteiger partial charge in [0.05, 0.1) is 16.7 Å². The van der Waals surface area contributed by atoms with Crippen LogP contribution in [0.25, 0.3) is 22.4 Å². The first-order valence-electron chi connectivity index (χ1n) is 6.71. The number of anilines is 1. The van der Waals surface area contributed by atoms with Crippen molar-refractivity contribution in [1.82, 2.24) is 9.55 Å². The van der Waals surface area contributed by atoms with Crippen LogP contribution in [0.1, 0.15) is 19.9 Å². The first-order valence-corrected chi connectivity index (χ1v) is 8.29. The van der Waals surface area contributed by atoms with Crippen molar-refractivity contribution in [3.05, 3.63) is 45.3 Å². The first kappa shape index (κ1) is 14.6. The van der Waals surface area contributed by atoms with E-state index in [0.29, 0.717) is 11.7 Å². The Bertz CT molecular complexity index is 822. The Balaban J connectivity index is 2.38. The van der Waals surface area contributed by atoms with Crippen molar-refractivity contribution in [2.45, 2.75) is 19.9 Å². The molecule has 108 valence electrons. The van der Waals surface area contributed by atoms with Crippen molar-refractivity contribution >= 4 is 48.6 Å². The molecule has 1 heterocycles. The van der Waals surface area contributed by atoms with Crippen LogP contribution in [-0.2, 0) is 0 Å². The van der Waals surface area contributed by atoms with Crippen molar-refractivity contribution in [2.75, 3.05) is 5.73 Å². The minimum atomic E-state index is 0.296. The van der Waals surface area contributed by atoms with Crippen LogP contribution in [0.3, 0.4) is 0 Å². The summed E-state index contributed by atoms with van der Waals surface area (Å²) in [6, 6.07) is 12.4. The summed E-state index contributed by atoms with van der Waals surface area (Å²) in [5.41, 5.74) is 10.00. The van der Waals surface area contributed by atoms with Gasteiger partial charge in [-0.3, -0.25) is 0 Å². The molecule has 5 heteroatoms. The Hall–Kier alpha value is -1.33. The standard InChI is InChI=1S/C16H15Br2N3/c1-9(2)21-14-6-4-3-5-13(14)20-16(21)11-7-10(17)8-12(18)15(11)19/h3-9H,19H2,1-2H3. The average molecular weight is 409 g/mol. The van der Waals surface area contributed by atoms with Crippen molar-refractivity contribution in [3.63, 3.8) is 0 Å². The summed E-state index contributed by atoms with van der Waals surface area (Å²) in [4.78, 5) is 4.79. The lowest BCUT2D eigenvalue weighted by Gasteiger charge is -2.15. The second-order valence-corrected chi connectivity index (χ2v) is 7.01. The number of hydrogen-bond donors (Lipinski definition) is 1. The maximum absolute atomic E-state index is 6.25. The van der Waals surface area contributed by atoms with E-state index < -0.39 is 0 Å². The molecule has 0 radical (unpaired) electrons. The summed E-state index contributed by atoms with van der Waals surface area (Å²) in [5, 5.41) is 0. The predicted molar refractivity (Wildman–Crippen MR) is 95.4 cm³/mol. The molecule has 3 nitrogen and oxygen atoms in total. The topological polar surface area (TPSA) is 43.8 Å². The second-order valence-electron chi connectivity index (χ2n) is 5.24. The molecule has 0 aliphatic heterocycles. The van der Waals surface area contributed by atoms with Crippen LogP contribution >= 0.6 is 31.9 Å². The molecule has 2 aromatic carbocycles. The van der Waals surface area contributed by atoms with E-state index in [-0.39, 0.29) is 0 Å². The first-order chi connectivity index (χ1) is 9.99. The SMILES string of the molecule is CC(C)n1c(-c2cc(Br)cc(Br)c2N)nc2ccccc21. The number of hydrogen-bond acceptors (Lipinski definition) is 2. The van der Waals surface area contributed by atoms with Crippen LogP contribution in [-0.4, -0.2) is 9.55 Å². The van der Waals surface area contributed by atoms with Gasteiger partial charge >= 0.3 is 0 Å². The zero-order chi connectivity index (χ0) is 15.1. The predicted octanol–water partition coefficient (Wildman–Crippen LogP) is 5.39. The molecule has 0 spiro atoms. The second kappa shape index (κ2) is 5.46. The van der Waals surface area contributed by atoms with E-state index in [1.807, 2.05) is 30.3 Å². The van der Waals surface area contributed by atoms with E-state index in [0.717, 1.165) is 31.4 Å². The third-order valence-corrected chi connectivity index (χ3v) is 4.56. The molecule has 0 aliphatic carbocycles. The summed E-state index contributed by atoms with van der Waals surface area (Å²) in [6.45, 7) is 4.31. The van der Waals surface area contributed by atoms with E-state index in [9.17, 15) is 0 Å². The Morgan fingerprint density at radius 3 is 2.57 bits per heavy atom. The Morgan fingerprint density at radius 2 is 1.86 bits per heavy atom. The molecule has 0 amide bonds. The lowest BCUT2D eigenvalue weighted by molar-refractivity contribution is 0.624. The van der Waals surface area contributed by atoms with Crippen LogP contribution in [0.15, 0.2) is 45.3 Å². The van der Waals surface area contributed by atoms with Gasteiger partial charge in [-0.15, -0.1) is 0 Å². The number of nitrogens with zero attached hydrogens (tertiary/aromatic N) is 2. The monoisotopic (exact) mass is 407 g/mol. The number of benzene rings is 2. The van der Waals surface area contributed by atoms with Gasteiger partial charge in [0.15, 0.2) is 0 Å². The minimum absolute atomic E-state index is 0.296.